The van der Waals surface area contributed by atoms with E-state index in [0.717, 1.165) is 49.9 Å². The van der Waals surface area contributed by atoms with Crippen molar-refractivity contribution in [3.05, 3.63) is 23.9 Å². The summed E-state index contributed by atoms with van der Waals surface area (Å²) in [6.07, 6.45) is 1.99. The van der Waals surface area contributed by atoms with Crippen LogP contribution in [0.5, 0.6) is 0 Å². The first-order valence-electron chi connectivity index (χ1n) is 9.88. The number of piperidine rings is 1. The van der Waals surface area contributed by atoms with Gasteiger partial charge in [-0.25, -0.2) is 9.78 Å². The molecule has 2 fully saturated rings. The van der Waals surface area contributed by atoms with Gasteiger partial charge in [0.05, 0.1) is 19.6 Å². The van der Waals surface area contributed by atoms with Crippen molar-refractivity contribution in [3.63, 3.8) is 0 Å². The zero-order chi connectivity index (χ0) is 19.9. The van der Waals surface area contributed by atoms with E-state index in [1.165, 1.54) is 4.90 Å². The fraction of sp³-hybridized carbons (Fsp3) is 0.579. The predicted octanol–water partition coefficient (Wildman–Crippen LogP) is 1.08. The Morgan fingerprint density at radius 3 is 2.69 bits per heavy atom. The lowest BCUT2D eigenvalue weighted by Crippen LogP contribution is -2.49. The van der Waals surface area contributed by atoms with Crippen LogP contribution in [0.2, 0.25) is 0 Å². The molecule has 2 aliphatic rings. The van der Waals surface area contributed by atoms with Crippen molar-refractivity contribution in [1.82, 2.24) is 25.8 Å². The number of hydrogen-bond acceptors (Lipinski definition) is 5. The van der Waals surface area contributed by atoms with Crippen molar-refractivity contribution >= 4 is 47.7 Å². The summed E-state index contributed by atoms with van der Waals surface area (Å²) in [5.41, 5.74) is 1.03. The molecule has 3 N–H and O–H groups in total. The first-order chi connectivity index (χ1) is 13.6. The third-order valence-corrected chi connectivity index (χ3v) is 4.91. The highest BCUT2D eigenvalue weighted by atomic mass is 127. The van der Waals surface area contributed by atoms with Crippen molar-refractivity contribution in [2.45, 2.75) is 32.7 Å². The number of carbonyl (C=O) groups is 2. The second-order valence-electron chi connectivity index (χ2n) is 7.01. The van der Waals surface area contributed by atoms with Gasteiger partial charge in [0.1, 0.15) is 5.82 Å². The second-order valence-corrected chi connectivity index (χ2v) is 7.01. The topological polar surface area (TPSA) is 102 Å². The van der Waals surface area contributed by atoms with Crippen LogP contribution in [0.3, 0.4) is 0 Å². The summed E-state index contributed by atoms with van der Waals surface area (Å²) in [6.45, 7) is 7.40. The molecule has 10 heteroatoms. The number of halogens is 1. The fourth-order valence-electron chi connectivity index (χ4n) is 3.41. The molecule has 1 aromatic rings. The summed E-state index contributed by atoms with van der Waals surface area (Å²) < 4.78 is 0. The summed E-state index contributed by atoms with van der Waals surface area (Å²) in [5, 5.41) is 9.23. The van der Waals surface area contributed by atoms with Gasteiger partial charge in [0.15, 0.2) is 5.96 Å². The van der Waals surface area contributed by atoms with Crippen LogP contribution in [0.4, 0.5) is 10.6 Å². The Labute approximate surface area is 188 Å². The predicted molar refractivity (Wildman–Crippen MR) is 124 cm³/mol. The van der Waals surface area contributed by atoms with E-state index in [1.807, 2.05) is 26.0 Å². The maximum atomic E-state index is 11.6. The number of amides is 3. The van der Waals surface area contributed by atoms with Crippen LogP contribution in [0, 0.1) is 6.92 Å². The number of aromatic nitrogens is 1. The van der Waals surface area contributed by atoms with Crippen molar-refractivity contribution in [2.24, 2.45) is 4.99 Å². The van der Waals surface area contributed by atoms with Gasteiger partial charge in [0.2, 0.25) is 5.91 Å². The van der Waals surface area contributed by atoms with Crippen molar-refractivity contribution in [2.75, 3.05) is 44.2 Å². The molecule has 3 rings (SSSR count). The third kappa shape index (κ3) is 6.44. The number of guanidine groups is 1. The molecule has 2 aliphatic heterocycles. The van der Waals surface area contributed by atoms with Gasteiger partial charge in [-0.05, 0) is 38.8 Å². The number of aliphatic imine (C=N–C) groups is 1. The molecule has 29 heavy (non-hydrogen) atoms. The van der Waals surface area contributed by atoms with Crippen LogP contribution >= 0.6 is 24.0 Å². The van der Waals surface area contributed by atoms with E-state index in [2.05, 4.69) is 36.9 Å². The zero-order valence-electron chi connectivity index (χ0n) is 17.0. The summed E-state index contributed by atoms with van der Waals surface area (Å²) in [5.74, 6) is 1.56. The van der Waals surface area contributed by atoms with Crippen molar-refractivity contribution in [1.29, 1.82) is 0 Å². The van der Waals surface area contributed by atoms with E-state index < -0.39 is 0 Å². The third-order valence-electron chi connectivity index (χ3n) is 4.91. The molecule has 160 valence electrons. The Balaban J connectivity index is 0.00000300. The van der Waals surface area contributed by atoms with E-state index in [4.69, 9.17) is 0 Å². The normalized spacial score (nSPS) is 17.8. The summed E-state index contributed by atoms with van der Waals surface area (Å²) >= 11 is 0. The Morgan fingerprint density at radius 2 is 2.07 bits per heavy atom. The van der Waals surface area contributed by atoms with Crippen LogP contribution in [0.15, 0.2) is 23.2 Å². The van der Waals surface area contributed by atoms with Crippen LogP contribution in [0.1, 0.15) is 25.5 Å². The van der Waals surface area contributed by atoms with Crippen LogP contribution in [0.25, 0.3) is 0 Å². The molecule has 3 amide bonds. The van der Waals surface area contributed by atoms with E-state index in [1.54, 1.807) is 0 Å². The Hall–Kier alpha value is -2.11. The Kier molecular flexibility index (Phi) is 8.93. The molecule has 0 bridgehead atoms. The maximum Gasteiger partial charge on any atom is 0.324 e. The molecule has 2 saturated heterocycles. The molecule has 9 nitrogen and oxygen atoms in total. The standard InChI is InChI=1S/C19H29N7O2.HI/c1-3-20-18(21-9-12-26-17(27)13-22-19(26)28)24-15-7-10-25(11-8-15)16-6-4-5-14(2)23-16;/h4-6,15H,3,7-13H2,1-2H3,(H,22,28)(H2,20,21,24);1H. The van der Waals surface area contributed by atoms with Gasteiger partial charge in [-0.2, -0.15) is 0 Å². The van der Waals surface area contributed by atoms with Gasteiger partial charge >= 0.3 is 6.03 Å². The van der Waals surface area contributed by atoms with Crippen LogP contribution in [-0.4, -0.2) is 73.1 Å². The van der Waals surface area contributed by atoms with Crippen LogP contribution in [-0.2, 0) is 4.79 Å². The van der Waals surface area contributed by atoms with E-state index in [9.17, 15) is 9.59 Å². The molecule has 0 aromatic carbocycles. The highest BCUT2D eigenvalue weighted by Gasteiger charge is 2.27. The van der Waals surface area contributed by atoms with Gasteiger partial charge < -0.3 is 20.9 Å². The molecular weight excluding hydrogens is 485 g/mol. The molecule has 0 saturated carbocycles. The number of carbonyl (C=O) groups excluding carboxylic acids is 2. The van der Waals surface area contributed by atoms with E-state index in [0.29, 0.717) is 19.1 Å². The first-order valence-corrected chi connectivity index (χ1v) is 9.88. The quantitative estimate of drug-likeness (QED) is 0.227. The fourth-order valence-corrected chi connectivity index (χ4v) is 3.41. The maximum absolute atomic E-state index is 11.6. The number of hydrogen-bond donors (Lipinski definition) is 3. The minimum absolute atomic E-state index is 0. The first kappa shape index (κ1) is 23.2. The lowest BCUT2D eigenvalue weighted by molar-refractivity contribution is -0.124. The minimum atomic E-state index is -0.338. The van der Waals surface area contributed by atoms with Crippen molar-refractivity contribution in [3.8, 4) is 0 Å². The smallest absolute Gasteiger partial charge is 0.324 e. The lowest BCUT2D eigenvalue weighted by atomic mass is 10.1. The van der Waals surface area contributed by atoms with E-state index >= 15 is 0 Å². The molecular formula is C19H30IN7O2. The average molecular weight is 515 g/mol. The molecule has 3 heterocycles. The van der Waals surface area contributed by atoms with E-state index in [-0.39, 0.29) is 42.5 Å². The SMILES string of the molecule is CCNC(=NCCN1C(=O)CNC1=O)NC1CCN(c2cccc(C)n2)CC1.I. The highest BCUT2D eigenvalue weighted by Crippen LogP contribution is 2.18. The summed E-state index contributed by atoms with van der Waals surface area (Å²) in [4.78, 5) is 35.9. The molecule has 0 radical (unpaired) electrons. The molecule has 0 unspecified atom stereocenters. The number of urea groups is 1. The van der Waals surface area contributed by atoms with Gasteiger partial charge in [0.25, 0.3) is 0 Å². The number of rotatable bonds is 6. The number of aryl methyl sites for hydroxylation is 1. The Morgan fingerprint density at radius 1 is 1.31 bits per heavy atom. The molecule has 0 aliphatic carbocycles. The van der Waals surface area contributed by atoms with Crippen molar-refractivity contribution < 1.29 is 9.59 Å². The zero-order valence-corrected chi connectivity index (χ0v) is 19.3. The minimum Gasteiger partial charge on any atom is -0.357 e. The van der Waals surface area contributed by atoms with Crippen LogP contribution < -0.4 is 20.9 Å². The van der Waals surface area contributed by atoms with Gasteiger partial charge in [-0.15, -0.1) is 24.0 Å². The average Bonchev–Trinajstić information content (AvgIpc) is 3.01. The lowest BCUT2D eigenvalue weighted by Gasteiger charge is -2.34. The van der Waals surface area contributed by atoms with Gasteiger partial charge in [-0.3, -0.25) is 14.7 Å². The number of anilines is 1. The number of nitrogens with one attached hydrogen (secondary N) is 3. The molecule has 1 aromatic heterocycles. The monoisotopic (exact) mass is 515 g/mol. The number of pyridine rings is 1. The number of imide groups is 1. The Bertz CT molecular complexity index is 719. The largest absolute Gasteiger partial charge is 0.357 e. The second kappa shape index (κ2) is 11.2. The molecule has 0 atom stereocenters. The van der Waals surface area contributed by atoms with Gasteiger partial charge in [0, 0.05) is 31.4 Å². The summed E-state index contributed by atoms with van der Waals surface area (Å²) in [7, 11) is 0. The summed E-state index contributed by atoms with van der Waals surface area (Å²) in [6, 6.07) is 6.10. The number of nitrogens with zero attached hydrogens (tertiary/aromatic N) is 4. The van der Waals surface area contributed by atoms with Gasteiger partial charge in [-0.1, -0.05) is 6.07 Å². The highest BCUT2D eigenvalue weighted by molar-refractivity contribution is 14.0. The molecule has 0 spiro atoms.